The lowest BCUT2D eigenvalue weighted by molar-refractivity contribution is 0.581. The van der Waals surface area contributed by atoms with Crippen molar-refractivity contribution in [2.75, 3.05) is 0 Å². The first-order chi connectivity index (χ1) is 11.4. The summed E-state index contributed by atoms with van der Waals surface area (Å²) in [5.41, 5.74) is -0.442. The number of halogens is 1. The van der Waals surface area contributed by atoms with Gasteiger partial charge in [0, 0.05) is 11.6 Å². The lowest BCUT2D eigenvalue weighted by atomic mass is 10.2. The van der Waals surface area contributed by atoms with Gasteiger partial charge in [0.15, 0.2) is 0 Å². The molecular weight excluding hydrogens is 354 g/mol. The number of H-pyrrole nitrogens is 2. The predicted molar refractivity (Wildman–Crippen MR) is 90.7 cm³/mol. The Balaban J connectivity index is 1.93. The number of hydrogen-bond donors (Lipinski definition) is 3. The number of benzene rings is 2. The summed E-state index contributed by atoms with van der Waals surface area (Å²) in [6.07, 6.45) is 0. The maximum Gasteiger partial charge on any atom is 0.314 e. The highest BCUT2D eigenvalue weighted by Gasteiger charge is 2.15. The van der Waals surface area contributed by atoms with Crippen LogP contribution >= 0.6 is 11.6 Å². The maximum atomic E-state index is 12.4. The molecule has 0 unspecified atom stereocenters. The first-order valence-electron chi connectivity index (χ1n) is 6.86. The van der Waals surface area contributed by atoms with Crippen LogP contribution in [0.15, 0.2) is 56.9 Å². The topological polar surface area (TPSA) is 112 Å². The number of rotatable bonds is 4. The van der Waals surface area contributed by atoms with Crippen LogP contribution in [0.3, 0.4) is 0 Å². The average Bonchev–Trinajstić information content (AvgIpc) is 2.55. The number of sulfonamides is 1. The van der Waals surface area contributed by atoms with Gasteiger partial charge in [-0.15, -0.1) is 0 Å². The molecule has 3 aromatic rings. The molecule has 2 aromatic carbocycles. The Bertz CT molecular complexity index is 1140. The highest BCUT2D eigenvalue weighted by molar-refractivity contribution is 7.89. The van der Waals surface area contributed by atoms with Crippen LogP contribution in [0.2, 0.25) is 5.02 Å². The number of aromatic nitrogens is 2. The second-order valence-corrected chi connectivity index (χ2v) is 7.21. The Morgan fingerprint density at radius 2 is 1.62 bits per heavy atom. The molecule has 0 aliphatic heterocycles. The minimum absolute atomic E-state index is 0.0299. The zero-order valence-corrected chi connectivity index (χ0v) is 13.7. The second kappa shape index (κ2) is 6.23. The van der Waals surface area contributed by atoms with E-state index in [4.69, 9.17) is 11.6 Å². The van der Waals surface area contributed by atoms with E-state index in [1.807, 2.05) is 0 Å². The van der Waals surface area contributed by atoms with Gasteiger partial charge in [-0.3, -0.25) is 9.59 Å². The van der Waals surface area contributed by atoms with E-state index in [0.29, 0.717) is 16.1 Å². The molecule has 0 amide bonds. The molecule has 0 saturated carbocycles. The fourth-order valence-corrected chi connectivity index (χ4v) is 3.39. The summed E-state index contributed by atoms with van der Waals surface area (Å²) in [6.45, 7) is 0.0299. The van der Waals surface area contributed by atoms with E-state index in [0.717, 1.165) is 0 Å². The lowest BCUT2D eigenvalue weighted by Gasteiger charge is -2.09. The summed E-state index contributed by atoms with van der Waals surface area (Å²) in [6, 6.07) is 10.9. The lowest BCUT2D eigenvalue weighted by Crippen LogP contribution is -2.29. The van der Waals surface area contributed by atoms with Crippen molar-refractivity contribution in [1.82, 2.24) is 14.7 Å². The Morgan fingerprint density at radius 1 is 0.958 bits per heavy atom. The van der Waals surface area contributed by atoms with Crippen molar-refractivity contribution in [3.63, 3.8) is 0 Å². The molecule has 9 heteroatoms. The average molecular weight is 366 g/mol. The van der Waals surface area contributed by atoms with Gasteiger partial charge in [0.2, 0.25) is 10.0 Å². The number of fused-ring (bicyclic) bond motifs is 1. The van der Waals surface area contributed by atoms with Crippen LogP contribution in [0.25, 0.3) is 11.0 Å². The van der Waals surface area contributed by atoms with Gasteiger partial charge in [-0.05, 0) is 29.8 Å². The van der Waals surface area contributed by atoms with E-state index in [1.165, 1.54) is 18.2 Å². The summed E-state index contributed by atoms with van der Waals surface area (Å²) in [5, 5.41) is 0.459. The van der Waals surface area contributed by atoms with Gasteiger partial charge >= 0.3 is 11.1 Å². The molecule has 1 heterocycles. The van der Waals surface area contributed by atoms with E-state index >= 15 is 0 Å². The highest BCUT2D eigenvalue weighted by atomic mass is 35.5. The van der Waals surface area contributed by atoms with Gasteiger partial charge in [-0.25, -0.2) is 13.1 Å². The summed E-state index contributed by atoms with van der Waals surface area (Å²) in [4.78, 5) is 27.3. The van der Waals surface area contributed by atoms with E-state index in [1.54, 1.807) is 24.3 Å². The Kier molecular flexibility index (Phi) is 4.27. The molecular formula is C15H12ClN3O4S. The smallest absolute Gasteiger partial charge is 0.314 e. The minimum Gasteiger partial charge on any atom is -0.316 e. The molecule has 0 atom stereocenters. The molecule has 0 aliphatic carbocycles. The number of nitrogens with one attached hydrogen (secondary N) is 3. The fourth-order valence-electron chi connectivity index (χ4n) is 2.16. The zero-order chi connectivity index (χ0) is 17.3. The van der Waals surface area contributed by atoms with Crippen LogP contribution in [0.1, 0.15) is 5.56 Å². The SMILES string of the molecule is O=c1[nH]c2ccc(S(=O)(=O)NCc3ccccc3Cl)cc2[nH]c1=O. The largest absolute Gasteiger partial charge is 0.316 e. The standard InChI is InChI=1S/C15H12ClN3O4S/c16-11-4-2-1-3-9(11)8-17-24(22,23)10-5-6-12-13(7-10)19-15(21)14(20)18-12/h1-7,17H,8H2,(H,18,20)(H,19,21). The third kappa shape index (κ3) is 3.25. The van der Waals surface area contributed by atoms with Crippen LogP contribution in [-0.2, 0) is 16.6 Å². The summed E-state index contributed by atoms with van der Waals surface area (Å²) in [5.74, 6) is 0. The van der Waals surface area contributed by atoms with Gasteiger partial charge in [-0.1, -0.05) is 29.8 Å². The molecule has 0 radical (unpaired) electrons. The molecule has 7 nitrogen and oxygen atoms in total. The third-order valence-electron chi connectivity index (χ3n) is 3.41. The van der Waals surface area contributed by atoms with Crippen molar-refractivity contribution in [3.8, 4) is 0 Å². The van der Waals surface area contributed by atoms with Gasteiger partial charge in [0.1, 0.15) is 0 Å². The van der Waals surface area contributed by atoms with E-state index in [2.05, 4.69) is 14.7 Å². The van der Waals surface area contributed by atoms with E-state index < -0.39 is 21.1 Å². The van der Waals surface area contributed by atoms with Crippen molar-refractivity contribution in [3.05, 3.63) is 73.8 Å². The molecule has 0 spiro atoms. The Morgan fingerprint density at radius 3 is 2.33 bits per heavy atom. The van der Waals surface area contributed by atoms with Gasteiger partial charge < -0.3 is 9.97 Å². The van der Waals surface area contributed by atoms with Gasteiger partial charge in [0.05, 0.1) is 15.9 Å². The van der Waals surface area contributed by atoms with E-state index in [-0.39, 0.29) is 17.0 Å². The molecule has 24 heavy (non-hydrogen) atoms. The van der Waals surface area contributed by atoms with Crippen molar-refractivity contribution >= 4 is 32.7 Å². The summed E-state index contributed by atoms with van der Waals surface area (Å²) >= 11 is 6.00. The van der Waals surface area contributed by atoms with Crippen LogP contribution in [0.4, 0.5) is 0 Å². The van der Waals surface area contributed by atoms with Crippen molar-refractivity contribution in [2.24, 2.45) is 0 Å². The van der Waals surface area contributed by atoms with Crippen LogP contribution in [0.5, 0.6) is 0 Å². The van der Waals surface area contributed by atoms with Gasteiger partial charge in [0.25, 0.3) is 0 Å². The first-order valence-corrected chi connectivity index (χ1v) is 8.72. The Hall–Kier alpha value is -2.42. The molecule has 0 fully saturated rings. The van der Waals surface area contributed by atoms with E-state index in [9.17, 15) is 18.0 Å². The highest BCUT2D eigenvalue weighted by Crippen LogP contribution is 2.17. The monoisotopic (exact) mass is 365 g/mol. The minimum atomic E-state index is -3.81. The summed E-state index contributed by atoms with van der Waals surface area (Å²) < 4.78 is 27.2. The van der Waals surface area contributed by atoms with Crippen molar-refractivity contribution < 1.29 is 8.42 Å². The first kappa shape index (κ1) is 16.4. The number of hydrogen-bond acceptors (Lipinski definition) is 4. The molecule has 0 bridgehead atoms. The summed E-state index contributed by atoms with van der Waals surface area (Å²) in [7, 11) is -3.81. The Labute approximate surface area is 141 Å². The normalized spacial score (nSPS) is 11.7. The fraction of sp³-hybridized carbons (Fsp3) is 0.0667. The molecule has 0 aliphatic rings. The third-order valence-corrected chi connectivity index (χ3v) is 5.18. The molecule has 124 valence electrons. The van der Waals surface area contributed by atoms with Gasteiger partial charge in [-0.2, -0.15) is 0 Å². The van der Waals surface area contributed by atoms with Crippen LogP contribution in [0, 0.1) is 0 Å². The molecule has 3 rings (SSSR count). The quantitative estimate of drug-likeness (QED) is 0.606. The van der Waals surface area contributed by atoms with Crippen molar-refractivity contribution in [1.29, 1.82) is 0 Å². The van der Waals surface area contributed by atoms with Crippen LogP contribution < -0.4 is 15.8 Å². The zero-order valence-electron chi connectivity index (χ0n) is 12.2. The second-order valence-electron chi connectivity index (χ2n) is 5.03. The van der Waals surface area contributed by atoms with Crippen LogP contribution in [-0.4, -0.2) is 18.4 Å². The molecule has 0 saturated heterocycles. The van der Waals surface area contributed by atoms with Crippen molar-refractivity contribution in [2.45, 2.75) is 11.4 Å². The molecule has 1 aromatic heterocycles. The molecule has 3 N–H and O–H groups in total. The predicted octanol–water partition coefficient (Wildman–Crippen LogP) is 1.35. The maximum absolute atomic E-state index is 12.4. The number of aromatic amines is 2.